The molecule has 138 valence electrons. The number of benzene rings is 2. The fourth-order valence-electron chi connectivity index (χ4n) is 2.76. The summed E-state index contributed by atoms with van der Waals surface area (Å²) in [7, 11) is 0. The molecule has 2 N–H and O–H groups in total. The number of carboxylic acid groups (broad SMARTS) is 1. The summed E-state index contributed by atoms with van der Waals surface area (Å²) in [5, 5.41) is 21.6. The van der Waals surface area contributed by atoms with Gasteiger partial charge in [-0.05, 0) is 35.4 Å². The van der Waals surface area contributed by atoms with Gasteiger partial charge in [-0.1, -0.05) is 48.0 Å². The molecule has 3 aromatic rings. The van der Waals surface area contributed by atoms with Crippen molar-refractivity contribution in [2.75, 3.05) is 5.32 Å². The summed E-state index contributed by atoms with van der Waals surface area (Å²) in [5.41, 5.74) is 1.39. The zero-order valence-corrected chi connectivity index (χ0v) is 15.2. The van der Waals surface area contributed by atoms with Gasteiger partial charge in [0.05, 0.1) is 17.6 Å². The van der Waals surface area contributed by atoms with Crippen molar-refractivity contribution in [3.05, 3.63) is 94.3 Å². The van der Waals surface area contributed by atoms with E-state index >= 15 is 0 Å². The normalized spacial score (nSPS) is 11.3. The average molecular weight is 392 g/mol. The third-order valence-electron chi connectivity index (χ3n) is 4.08. The first kappa shape index (κ1) is 19.1. The summed E-state index contributed by atoms with van der Waals surface area (Å²) in [6, 6.07) is 19.0. The highest BCUT2D eigenvalue weighted by Crippen LogP contribution is 2.32. The van der Waals surface area contributed by atoms with Crippen LogP contribution in [0.25, 0.3) is 0 Å². The Balaban J connectivity index is 1.86. The summed E-state index contributed by atoms with van der Waals surface area (Å²) in [5.74, 6) is -2.46. The van der Waals surface area contributed by atoms with E-state index in [1.54, 1.807) is 12.1 Å². The van der Waals surface area contributed by atoms with Crippen LogP contribution in [0.15, 0.2) is 66.9 Å². The molecule has 6 nitrogen and oxygen atoms in total. The highest BCUT2D eigenvalue weighted by molar-refractivity contribution is 6.32. The SMILES string of the molecule is N#CC(c1ccccc1)c1ccc(NC(=O)c2ncccc2C(=O)O)cc1Cl. The molecule has 3 rings (SSSR count). The summed E-state index contributed by atoms with van der Waals surface area (Å²) in [4.78, 5) is 27.5. The first-order valence-corrected chi connectivity index (χ1v) is 8.62. The van der Waals surface area contributed by atoms with Gasteiger partial charge in [0.25, 0.3) is 5.91 Å². The molecule has 28 heavy (non-hydrogen) atoms. The molecule has 0 aliphatic heterocycles. The number of aromatic carboxylic acids is 1. The Morgan fingerprint density at radius 3 is 2.50 bits per heavy atom. The lowest BCUT2D eigenvalue weighted by Crippen LogP contribution is -2.18. The topological polar surface area (TPSA) is 103 Å². The van der Waals surface area contributed by atoms with E-state index in [-0.39, 0.29) is 11.3 Å². The standard InChI is InChI=1S/C21H14ClN3O3/c22-18-11-14(25-20(26)19-16(21(27)28)7-4-10-24-19)8-9-15(18)17(12-23)13-5-2-1-3-6-13/h1-11,17H,(H,25,26)(H,27,28). The number of anilines is 1. The monoisotopic (exact) mass is 391 g/mol. The zero-order valence-electron chi connectivity index (χ0n) is 14.5. The van der Waals surface area contributed by atoms with Crippen LogP contribution in [0, 0.1) is 11.3 Å². The van der Waals surface area contributed by atoms with Gasteiger partial charge >= 0.3 is 5.97 Å². The minimum absolute atomic E-state index is 0.198. The fourth-order valence-corrected chi connectivity index (χ4v) is 3.05. The summed E-state index contributed by atoms with van der Waals surface area (Å²) in [6.45, 7) is 0. The van der Waals surface area contributed by atoms with Gasteiger partial charge in [-0.25, -0.2) is 4.79 Å². The molecular formula is C21H14ClN3O3. The second-order valence-corrected chi connectivity index (χ2v) is 6.28. The Hall–Kier alpha value is -3.69. The highest BCUT2D eigenvalue weighted by Gasteiger charge is 2.20. The molecule has 0 saturated carbocycles. The van der Waals surface area contributed by atoms with Crippen LogP contribution in [0.3, 0.4) is 0 Å². The van der Waals surface area contributed by atoms with Gasteiger partial charge in [0.15, 0.2) is 0 Å². The molecule has 1 amide bonds. The molecule has 2 aromatic carbocycles. The maximum Gasteiger partial charge on any atom is 0.338 e. The third-order valence-corrected chi connectivity index (χ3v) is 4.41. The van der Waals surface area contributed by atoms with E-state index in [1.165, 1.54) is 24.4 Å². The molecular weight excluding hydrogens is 378 g/mol. The summed E-state index contributed by atoms with van der Waals surface area (Å²) < 4.78 is 0. The molecule has 0 aliphatic carbocycles. The summed E-state index contributed by atoms with van der Waals surface area (Å²) >= 11 is 6.35. The van der Waals surface area contributed by atoms with Crippen molar-refractivity contribution < 1.29 is 14.7 Å². The highest BCUT2D eigenvalue weighted by atomic mass is 35.5. The van der Waals surface area contributed by atoms with Crippen molar-refractivity contribution in [3.63, 3.8) is 0 Å². The number of carboxylic acids is 1. The van der Waals surface area contributed by atoms with Crippen LogP contribution < -0.4 is 5.32 Å². The van der Waals surface area contributed by atoms with Crippen LogP contribution >= 0.6 is 11.6 Å². The van der Waals surface area contributed by atoms with Crippen molar-refractivity contribution in [2.24, 2.45) is 0 Å². The number of aromatic nitrogens is 1. The number of carbonyl (C=O) groups excluding carboxylic acids is 1. The van der Waals surface area contributed by atoms with E-state index in [0.717, 1.165) is 5.56 Å². The van der Waals surface area contributed by atoms with Gasteiger partial charge < -0.3 is 10.4 Å². The van der Waals surface area contributed by atoms with Gasteiger partial charge in [-0.15, -0.1) is 0 Å². The molecule has 0 spiro atoms. The predicted octanol–water partition coefficient (Wildman–Crippen LogP) is 4.34. The van der Waals surface area contributed by atoms with Crippen LogP contribution in [-0.2, 0) is 0 Å². The van der Waals surface area contributed by atoms with Gasteiger partial charge in [-0.2, -0.15) is 5.26 Å². The Morgan fingerprint density at radius 2 is 1.86 bits per heavy atom. The van der Waals surface area contributed by atoms with E-state index in [2.05, 4.69) is 16.4 Å². The number of hydrogen-bond acceptors (Lipinski definition) is 4. The lowest BCUT2D eigenvalue weighted by Gasteiger charge is -2.13. The number of nitrogens with one attached hydrogen (secondary N) is 1. The third kappa shape index (κ3) is 4.00. The van der Waals surface area contributed by atoms with Crippen LogP contribution in [0.1, 0.15) is 37.9 Å². The molecule has 0 bridgehead atoms. The van der Waals surface area contributed by atoms with Crippen molar-refractivity contribution in [3.8, 4) is 6.07 Å². The first-order valence-electron chi connectivity index (χ1n) is 8.25. The fraction of sp³-hybridized carbons (Fsp3) is 0.0476. The van der Waals surface area contributed by atoms with E-state index < -0.39 is 17.8 Å². The van der Waals surface area contributed by atoms with Gasteiger partial charge in [0.1, 0.15) is 5.69 Å². The number of pyridine rings is 1. The molecule has 7 heteroatoms. The summed E-state index contributed by atoms with van der Waals surface area (Å²) in [6.07, 6.45) is 1.34. The number of nitriles is 1. The number of carbonyl (C=O) groups is 2. The smallest absolute Gasteiger partial charge is 0.338 e. The molecule has 1 heterocycles. The van der Waals surface area contributed by atoms with E-state index in [4.69, 9.17) is 11.6 Å². The van der Waals surface area contributed by atoms with Gasteiger partial charge in [0, 0.05) is 16.9 Å². The zero-order chi connectivity index (χ0) is 20.1. The Morgan fingerprint density at radius 1 is 1.11 bits per heavy atom. The minimum atomic E-state index is -1.24. The van der Waals surface area contributed by atoms with Crippen LogP contribution in [0.4, 0.5) is 5.69 Å². The Bertz CT molecular complexity index is 1080. The molecule has 1 unspecified atom stereocenters. The maximum atomic E-state index is 12.4. The lowest BCUT2D eigenvalue weighted by atomic mass is 9.92. The minimum Gasteiger partial charge on any atom is -0.478 e. The van der Waals surface area contributed by atoms with E-state index in [9.17, 15) is 20.0 Å². The second kappa shape index (κ2) is 8.33. The van der Waals surface area contributed by atoms with E-state index in [1.807, 2.05) is 30.3 Å². The van der Waals surface area contributed by atoms with Crippen molar-refractivity contribution >= 4 is 29.2 Å². The first-order chi connectivity index (χ1) is 13.5. The van der Waals surface area contributed by atoms with Crippen LogP contribution in [0.5, 0.6) is 0 Å². The Labute approximate surface area is 166 Å². The molecule has 0 saturated heterocycles. The number of nitrogens with zero attached hydrogens (tertiary/aromatic N) is 2. The maximum absolute atomic E-state index is 12.4. The van der Waals surface area contributed by atoms with Gasteiger partial charge in [-0.3, -0.25) is 9.78 Å². The number of amides is 1. The lowest BCUT2D eigenvalue weighted by molar-refractivity contribution is 0.0691. The number of hydrogen-bond donors (Lipinski definition) is 2. The second-order valence-electron chi connectivity index (χ2n) is 5.87. The van der Waals surface area contributed by atoms with Crippen LogP contribution in [0.2, 0.25) is 5.02 Å². The molecule has 0 aliphatic rings. The van der Waals surface area contributed by atoms with Crippen molar-refractivity contribution in [2.45, 2.75) is 5.92 Å². The molecule has 0 radical (unpaired) electrons. The largest absolute Gasteiger partial charge is 0.478 e. The Kier molecular flexibility index (Phi) is 5.68. The predicted molar refractivity (Wildman–Crippen MR) is 104 cm³/mol. The average Bonchev–Trinajstić information content (AvgIpc) is 2.71. The number of rotatable bonds is 5. The van der Waals surface area contributed by atoms with Gasteiger partial charge in [0.2, 0.25) is 0 Å². The van der Waals surface area contributed by atoms with Crippen molar-refractivity contribution in [1.82, 2.24) is 4.98 Å². The molecule has 1 aromatic heterocycles. The van der Waals surface area contributed by atoms with Crippen LogP contribution in [-0.4, -0.2) is 22.0 Å². The molecule has 1 atom stereocenters. The van der Waals surface area contributed by atoms with Crippen molar-refractivity contribution in [1.29, 1.82) is 5.26 Å². The quantitative estimate of drug-likeness (QED) is 0.673. The number of halogens is 1. The van der Waals surface area contributed by atoms with E-state index in [0.29, 0.717) is 16.3 Å². The molecule has 0 fully saturated rings.